The summed E-state index contributed by atoms with van der Waals surface area (Å²) in [5, 5.41) is 22.1. The Morgan fingerprint density at radius 1 is 1.15 bits per heavy atom. The van der Waals surface area contributed by atoms with Crippen molar-refractivity contribution >= 4 is 32.1 Å². The van der Waals surface area contributed by atoms with Gasteiger partial charge in [0, 0.05) is 31.4 Å². The summed E-state index contributed by atoms with van der Waals surface area (Å²) in [7, 11) is 0. The summed E-state index contributed by atoms with van der Waals surface area (Å²) in [6.45, 7) is 2.88. The minimum atomic E-state index is -0.139. The van der Waals surface area contributed by atoms with Crippen molar-refractivity contribution in [2.45, 2.75) is 52.0 Å². The number of aromatic nitrogens is 6. The molecule has 1 N–H and O–H groups in total. The maximum Gasteiger partial charge on any atom is 0.266 e. The van der Waals surface area contributed by atoms with Gasteiger partial charge in [-0.2, -0.15) is 4.98 Å². The van der Waals surface area contributed by atoms with E-state index in [2.05, 4.69) is 48.2 Å². The van der Waals surface area contributed by atoms with Crippen molar-refractivity contribution in [1.29, 1.82) is 0 Å². The number of halogens is 1. The van der Waals surface area contributed by atoms with Crippen LogP contribution in [0.1, 0.15) is 43.5 Å². The molecule has 11 heteroatoms. The van der Waals surface area contributed by atoms with Crippen molar-refractivity contribution in [1.82, 2.24) is 29.3 Å². The number of hydrogen-bond acceptors (Lipinski definition) is 8. The second-order valence-corrected chi connectivity index (χ2v) is 8.86. The number of hydrogen-bond donors (Lipinski definition) is 1. The number of phenols is 1. The molecule has 0 atom stereocenters. The Kier molecular flexibility index (Phi) is 5.79. The van der Waals surface area contributed by atoms with Gasteiger partial charge >= 0.3 is 0 Å². The van der Waals surface area contributed by atoms with Crippen LogP contribution in [0.25, 0.3) is 17.2 Å². The number of nitrogens with zero attached hydrogens (tertiary/aromatic N) is 7. The van der Waals surface area contributed by atoms with Gasteiger partial charge in [-0.25, -0.2) is 9.39 Å². The summed E-state index contributed by atoms with van der Waals surface area (Å²) in [6.07, 6.45) is 4.45. The van der Waals surface area contributed by atoms with Crippen LogP contribution in [0, 0.1) is 0 Å². The van der Waals surface area contributed by atoms with Crippen molar-refractivity contribution in [2.75, 3.05) is 0 Å². The van der Waals surface area contributed by atoms with Crippen LogP contribution >= 0.6 is 15.9 Å². The Labute approximate surface area is 197 Å². The first-order valence-electron chi connectivity index (χ1n) is 10.9. The molecule has 4 heterocycles. The molecule has 33 heavy (non-hydrogen) atoms. The Morgan fingerprint density at radius 3 is 2.76 bits per heavy atom. The molecule has 0 radical (unpaired) electrons. The Bertz CT molecular complexity index is 1400. The molecular formula is C22H22BrN7O3. The fourth-order valence-corrected chi connectivity index (χ4v) is 4.40. The van der Waals surface area contributed by atoms with E-state index in [0.717, 1.165) is 36.0 Å². The lowest BCUT2D eigenvalue weighted by Crippen LogP contribution is -2.24. The van der Waals surface area contributed by atoms with Gasteiger partial charge in [0.2, 0.25) is 17.5 Å². The standard InChI is InChI=1S/C22H22BrN7O3/c1-2-3-4-11-29-20-15(12-16(23)24-20)21(32)30-17(26-27-22(29)30)9-10-18-25-19(28-33-18)13-5-7-14(31)8-6-13/h5-8,31H,2-4,9-12H2,1H3. The predicted octanol–water partition coefficient (Wildman–Crippen LogP) is 3.60. The number of aliphatic imine (C=N–C) groups is 1. The van der Waals surface area contributed by atoms with Gasteiger partial charge in [-0.15, -0.1) is 10.2 Å². The molecule has 0 fully saturated rings. The van der Waals surface area contributed by atoms with Crippen molar-refractivity contribution in [3.8, 4) is 17.1 Å². The van der Waals surface area contributed by atoms with Gasteiger partial charge in [0.15, 0.2) is 0 Å². The van der Waals surface area contributed by atoms with Gasteiger partial charge in [0.05, 0.1) is 10.2 Å². The van der Waals surface area contributed by atoms with E-state index in [9.17, 15) is 9.90 Å². The molecule has 0 aliphatic carbocycles. The minimum Gasteiger partial charge on any atom is -0.508 e. The number of unbranched alkanes of at least 4 members (excludes halogenated alkanes) is 2. The Hall–Kier alpha value is -3.34. The van der Waals surface area contributed by atoms with Gasteiger partial charge < -0.3 is 9.63 Å². The zero-order chi connectivity index (χ0) is 22.9. The molecule has 1 aromatic carbocycles. The van der Waals surface area contributed by atoms with E-state index in [4.69, 9.17) is 4.52 Å². The maximum atomic E-state index is 13.3. The highest BCUT2D eigenvalue weighted by molar-refractivity contribution is 9.18. The van der Waals surface area contributed by atoms with Crippen LogP contribution < -0.4 is 5.56 Å². The van der Waals surface area contributed by atoms with Crippen LogP contribution in [0.15, 0.2) is 38.6 Å². The second kappa shape index (κ2) is 8.89. The maximum absolute atomic E-state index is 13.3. The van der Waals surface area contributed by atoms with E-state index >= 15 is 0 Å². The van der Waals surface area contributed by atoms with Crippen LogP contribution in [0.3, 0.4) is 0 Å². The van der Waals surface area contributed by atoms with Gasteiger partial charge in [0.1, 0.15) is 17.4 Å². The zero-order valence-electron chi connectivity index (χ0n) is 18.0. The first-order valence-corrected chi connectivity index (χ1v) is 11.7. The molecule has 0 saturated heterocycles. The Morgan fingerprint density at radius 2 is 1.97 bits per heavy atom. The number of aryl methyl sites for hydroxylation is 3. The van der Waals surface area contributed by atoms with Crippen molar-refractivity contribution in [3.63, 3.8) is 0 Å². The van der Waals surface area contributed by atoms with E-state index in [0.29, 0.717) is 54.0 Å². The molecule has 1 aliphatic heterocycles. The molecule has 4 aromatic rings. The fourth-order valence-electron chi connectivity index (χ4n) is 3.95. The summed E-state index contributed by atoms with van der Waals surface area (Å²) in [4.78, 5) is 22.2. The minimum absolute atomic E-state index is 0.139. The van der Waals surface area contributed by atoms with Gasteiger partial charge in [-0.05, 0) is 46.6 Å². The van der Waals surface area contributed by atoms with E-state index in [1.165, 1.54) is 0 Å². The number of aromatic hydroxyl groups is 1. The number of fused-ring (bicyclic) bond motifs is 2. The van der Waals surface area contributed by atoms with E-state index in [1.807, 2.05) is 4.57 Å². The molecule has 0 unspecified atom stereocenters. The molecule has 10 nitrogen and oxygen atoms in total. The monoisotopic (exact) mass is 511 g/mol. The second-order valence-electron chi connectivity index (χ2n) is 7.94. The summed E-state index contributed by atoms with van der Waals surface area (Å²) < 4.78 is 9.70. The largest absolute Gasteiger partial charge is 0.508 e. The van der Waals surface area contributed by atoms with Gasteiger partial charge in [-0.1, -0.05) is 24.9 Å². The third-order valence-corrected chi connectivity index (χ3v) is 6.09. The van der Waals surface area contributed by atoms with Crippen LogP contribution in [-0.2, 0) is 25.8 Å². The lowest BCUT2D eigenvalue weighted by atomic mass is 10.2. The highest BCUT2D eigenvalue weighted by Gasteiger charge is 2.25. The quantitative estimate of drug-likeness (QED) is 0.358. The number of phenolic OH excluding ortho intramolecular Hbond substituents is 1. The fraction of sp³-hybridized carbons (Fsp3) is 0.364. The zero-order valence-corrected chi connectivity index (χ0v) is 19.6. The summed E-state index contributed by atoms with van der Waals surface area (Å²) >= 11 is 3.45. The molecular weight excluding hydrogens is 490 g/mol. The van der Waals surface area contributed by atoms with Crippen LogP contribution in [-0.4, -0.2) is 39.0 Å². The highest BCUT2D eigenvalue weighted by atomic mass is 79.9. The van der Waals surface area contributed by atoms with Crippen LogP contribution in [0.5, 0.6) is 5.75 Å². The van der Waals surface area contributed by atoms with Crippen molar-refractivity contribution in [3.05, 3.63) is 51.9 Å². The number of benzene rings is 1. The number of rotatable bonds is 8. The first-order chi connectivity index (χ1) is 16.0. The third kappa shape index (κ3) is 4.08. The Balaban J connectivity index is 1.43. The smallest absolute Gasteiger partial charge is 0.266 e. The summed E-state index contributed by atoms with van der Waals surface area (Å²) in [6, 6.07) is 6.58. The lowest BCUT2D eigenvalue weighted by Gasteiger charge is -2.12. The topological polar surface area (TPSA) is 124 Å². The van der Waals surface area contributed by atoms with E-state index in [-0.39, 0.29) is 11.3 Å². The first kappa shape index (κ1) is 21.5. The molecule has 0 amide bonds. The van der Waals surface area contributed by atoms with Gasteiger partial charge in [-0.3, -0.25) is 9.36 Å². The average molecular weight is 512 g/mol. The highest BCUT2D eigenvalue weighted by Crippen LogP contribution is 2.28. The molecule has 170 valence electrons. The van der Waals surface area contributed by atoms with Crippen molar-refractivity contribution < 1.29 is 9.63 Å². The average Bonchev–Trinajstić information content (AvgIpc) is 3.53. The normalized spacial score (nSPS) is 13.0. The third-order valence-electron chi connectivity index (χ3n) is 5.63. The van der Waals surface area contributed by atoms with E-state index < -0.39 is 0 Å². The molecule has 5 rings (SSSR count). The van der Waals surface area contributed by atoms with Crippen LogP contribution in [0.2, 0.25) is 0 Å². The molecule has 0 saturated carbocycles. The van der Waals surface area contributed by atoms with Crippen molar-refractivity contribution in [2.24, 2.45) is 4.99 Å². The molecule has 0 bridgehead atoms. The summed E-state index contributed by atoms with van der Waals surface area (Å²) in [5.41, 5.74) is 1.26. The molecule has 0 spiro atoms. The lowest BCUT2D eigenvalue weighted by molar-refractivity contribution is 0.378. The van der Waals surface area contributed by atoms with Crippen LogP contribution in [0.4, 0.5) is 5.82 Å². The molecule has 3 aromatic heterocycles. The predicted molar refractivity (Wildman–Crippen MR) is 125 cm³/mol. The summed E-state index contributed by atoms with van der Waals surface area (Å²) in [5.74, 6) is 2.77. The van der Waals surface area contributed by atoms with E-state index in [1.54, 1.807) is 28.7 Å². The van der Waals surface area contributed by atoms with Gasteiger partial charge in [0.25, 0.3) is 5.56 Å². The molecule has 1 aliphatic rings. The SMILES string of the molecule is CCCCCn1c2c(c(=O)n3c(CCc4nc(-c5ccc(O)cc5)no4)nnc13)CC(Br)=N2.